The van der Waals surface area contributed by atoms with Crippen molar-refractivity contribution in [3.05, 3.63) is 84.5 Å². The summed E-state index contributed by atoms with van der Waals surface area (Å²) in [5, 5.41) is 9.99. The van der Waals surface area contributed by atoms with Gasteiger partial charge < -0.3 is 5.21 Å². The second-order valence-corrected chi connectivity index (χ2v) is 8.71. The predicted octanol–water partition coefficient (Wildman–Crippen LogP) is 1.82. The molecule has 0 spiro atoms. The van der Waals surface area contributed by atoms with Crippen molar-refractivity contribution in [2.24, 2.45) is 4.40 Å². The molecule has 8 nitrogen and oxygen atoms in total. The summed E-state index contributed by atoms with van der Waals surface area (Å²) in [7, 11) is -7.87. The number of sulfonamides is 2. The first kappa shape index (κ1) is 18.7. The van der Waals surface area contributed by atoms with E-state index in [1.54, 1.807) is 36.4 Å². The molecule has 0 amide bonds. The largest absolute Gasteiger partial charge is 0.427 e. The molecule has 0 aliphatic heterocycles. The molecule has 0 fully saturated rings. The van der Waals surface area contributed by atoms with Gasteiger partial charge in [-0.15, -0.1) is 4.40 Å². The fourth-order valence-corrected chi connectivity index (χ4v) is 4.26. The molecule has 0 unspecified atom stereocenters. The molecule has 3 aromatic rings. The first-order chi connectivity index (χ1) is 12.8. The van der Waals surface area contributed by atoms with Crippen LogP contribution in [0.1, 0.15) is 0 Å². The Labute approximate surface area is 156 Å². The Morgan fingerprint density at radius 3 is 1.89 bits per heavy atom. The van der Waals surface area contributed by atoms with E-state index in [-0.39, 0.29) is 21.0 Å². The molecule has 140 valence electrons. The minimum Gasteiger partial charge on any atom is -0.427 e. The molecule has 10 heteroatoms. The number of aromatic nitrogens is 1. The lowest BCUT2D eigenvalue weighted by molar-refractivity contribution is 0.173. The van der Waals surface area contributed by atoms with Gasteiger partial charge in [-0.2, -0.15) is 13.1 Å². The van der Waals surface area contributed by atoms with Gasteiger partial charge in [0, 0.05) is 0 Å². The van der Waals surface area contributed by atoms with Gasteiger partial charge in [-0.25, -0.2) is 8.42 Å². The lowest BCUT2D eigenvalue weighted by atomic mass is 10.4. The van der Waals surface area contributed by atoms with E-state index in [2.05, 4.69) is 9.12 Å². The van der Waals surface area contributed by atoms with Crippen LogP contribution in [0.4, 0.5) is 5.69 Å². The third kappa shape index (κ3) is 4.36. The van der Waals surface area contributed by atoms with Crippen LogP contribution in [0.5, 0.6) is 0 Å². The maximum absolute atomic E-state index is 12.3. The summed E-state index contributed by atoms with van der Waals surface area (Å²) >= 11 is 0. The topological polar surface area (TPSA) is 118 Å². The van der Waals surface area contributed by atoms with Crippen molar-refractivity contribution in [3.8, 4) is 0 Å². The molecule has 0 atom stereocenters. The summed E-state index contributed by atoms with van der Waals surface area (Å²) in [6.45, 7) is 0. The smallest absolute Gasteiger partial charge is 0.284 e. The van der Waals surface area contributed by atoms with Crippen LogP contribution >= 0.6 is 0 Å². The summed E-state index contributed by atoms with van der Waals surface area (Å²) in [6, 6.07) is 17.7. The minimum atomic E-state index is -4.02. The first-order valence-electron chi connectivity index (χ1n) is 7.64. The normalized spacial score (nSPS) is 12.7. The van der Waals surface area contributed by atoms with Crippen molar-refractivity contribution in [1.29, 1.82) is 0 Å². The van der Waals surface area contributed by atoms with Gasteiger partial charge in [0.05, 0.1) is 21.7 Å². The van der Waals surface area contributed by atoms with Crippen molar-refractivity contribution in [1.82, 2.24) is 4.73 Å². The second kappa shape index (κ2) is 7.25. The summed E-state index contributed by atoms with van der Waals surface area (Å²) in [5.41, 5.74) is -0.237. The molecule has 2 N–H and O–H groups in total. The quantitative estimate of drug-likeness (QED) is 0.628. The van der Waals surface area contributed by atoms with Crippen LogP contribution < -0.4 is 10.2 Å². The maximum Gasteiger partial charge on any atom is 0.284 e. The third-order valence-corrected chi connectivity index (χ3v) is 6.16. The van der Waals surface area contributed by atoms with Crippen LogP contribution in [0.15, 0.2) is 93.2 Å². The highest BCUT2D eigenvalue weighted by molar-refractivity contribution is 7.92. The molecule has 0 radical (unpaired) electrons. The molecular formula is C17H15N3O5S2. The van der Waals surface area contributed by atoms with Gasteiger partial charge in [0.15, 0.2) is 5.49 Å². The number of benzene rings is 2. The zero-order chi connectivity index (χ0) is 19.5. The zero-order valence-electron chi connectivity index (χ0n) is 13.8. The molecule has 1 aromatic heterocycles. The predicted molar refractivity (Wildman–Crippen MR) is 98.1 cm³/mol. The number of nitrogens with zero attached hydrogens (tertiary/aromatic N) is 2. The molecule has 2 aromatic carbocycles. The highest BCUT2D eigenvalue weighted by Crippen LogP contribution is 2.14. The van der Waals surface area contributed by atoms with Gasteiger partial charge >= 0.3 is 0 Å². The molecule has 0 saturated heterocycles. The standard InChI is InChI=1S/C17H15N3O5S2/c21-20-13-14(18-26(22,23)15-7-3-1-4-8-15)11-12-17(20)19-27(24,25)16-9-5-2-6-10-16/h1-13,18,21H. The minimum absolute atomic E-state index is 0.0288. The highest BCUT2D eigenvalue weighted by Gasteiger charge is 2.15. The number of anilines is 1. The van der Waals surface area contributed by atoms with Crippen LogP contribution in [0, 0.1) is 0 Å². The van der Waals surface area contributed by atoms with Gasteiger partial charge in [-0.1, -0.05) is 36.4 Å². The van der Waals surface area contributed by atoms with Gasteiger partial charge in [-0.3, -0.25) is 4.72 Å². The van der Waals surface area contributed by atoms with Gasteiger partial charge in [0.1, 0.15) is 0 Å². The summed E-state index contributed by atoms with van der Waals surface area (Å²) < 4.78 is 55.4. The zero-order valence-corrected chi connectivity index (χ0v) is 15.4. The van der Waals surface area contributed by atoms with Crippen molar-refractivity contribution in [2.45, 2.75) is 9.79 Å². The number of pyridine rings is 1. The molecule has 0 aliphatic carbocycles. The van der Waals surface area contributed by atoms with Gasteiger partial charge in [-0.05, 0) is 36.4 Å². The number of nitrogens with one attached hydrogen (secondary N) is 1. The van der Waals surface area contributed by atoms with Crippen LogP contribution in [-0.2, 0) is 20.0 Å². The highest BCUT2D eigenvalue weighted by atomic mass is 32.2. The van der Waals surface area contributed by atoms with Crippen LogP contribution in [0.3, 0.4) is 0 Å². The molecule has 27 heavy (non-hydrogen) atoms. The van der Waals surface area contributed by atoms with Crippen molar-refractivity contribution < 1.29 is 22.0 Å². The van der Waals surface area contributed by atoms with Crippen LogP contribution in [-0.4, -0.2) is 26.8 Å². The van der Waals surface area contributed by atoms with Crippen LogP contribution in [0.25, 0.3) is 0 Å². The average Bonchev–Trinajstić information content (AvgIpc) is 2.65. The SMILES string of the molecule is O=S(=O)(N=c1ccc(NS(=O)(=O)c2ccccc2)cn1O)c1ccccc1. The van der Waals surface area contributed by atoms with Gasteiger partial charge in [0.2, 0.25) is 0 Å². The lowest BCUT2D eigenvalue weighted by Crippen LogP contribution is -2.22. The molecule has 0 bridgehead atoms. The Morgan fingerprint density at radius 2 is 1.33 bits per heavy atom. The molecule has 0 saturated carbocycles. The van der Waals surface area contributed by atoms with Crippen molar-refractivity contribution in [3.63, 3.8) is 0 Å². The monoisotopic (exact) mass is 405 g/mol. The van der Waals surface area contributed by atoms with Gasteiger partial charge in [0.25, 0.3) is 20.0 Å². The molecule has 0 aliphatic rings. The second-order valence-electron chi connectivity index (χ2n) is 5.42. The first-order valence-corrected chi connectivity index (χ1v) is 10.6. The fourth-order valence-electron chi connectivity index (χ4n) is 2.20. The van der Waals surface area contributed by atoms with E-state index in [9.17, 15) is 22.0 Å². The Morgan fingerprint density at radius 1 is 0.778 bits per heavy atom. The van der Waals surface area contributed by atoms with E-state index in [1.165, 1.54) is 36.4 Å². The van der Waals surface area contributed by atoms with E-state index in [1.807, 2.05) is 0 Å². The van der Waals surface area contributed by atoms with E-state index in [4.69, 9.17) is 0 Å². The third-order valence-electron chi connectivity index (χ3n) is 3.47. The Balaban J connectivity index is 1.93. The molecule has 1 heterocycles. The Bertz CT molecular complexity index is 1220. The lowest BCUT2D eigenvalue weighted by Gasteiger charge is -2.09. The number of hydrogen-bond donors (Lipinski definition) is 2. The number of hydrogen-bond acceptors (Lipinski definition) is 5. The maximum atomic E-state index is 12.3. The summed E-state index contributed by atoms with van der Waals surface area (Å²) in [5.74, 6) is 0. The van der Waals surface area contributed by atoms with E-state index in [0.717, 1.165) is 6.20 Å². The fraction of sp³-hybridized carbons (Fsp3) is 0. The van der Waals surface area contributed by atoms with E-state index < -0.39 is 20.0 Å². The summed E-state index contributed by atoms with van der Waals surface area (Å²) in [4.78, 5) is 0.0220. The van der Waals surface area contributed by atoms with E-state index in [0.29, 0.717) is 4.73 Å². The van der Waals surface area contributed by atoms with Crippen LogP contribution in [0.2, 0.25) is 0 Å². The van der Waals surface area contributed by atoms with Crippen molar-refractivity contribution in [2.75, 3.05) is 4.72 Å². The Kier molecular flexibility index (Phi) is 5.02. The molecular weight excluding hydrogens is 390 g/mol. The van der Waals surface area contributed by atoms with Crippen molar-refractivity contribution >= 4 is 25.7 Å². The average molecular weight is 405 g/mol. The molecule has 3 rings (SSSR count). The summed E-state index contributed by atoms with van der Waals surface area (Å²) in [6.07, 6.45) is 1.01. The van der Waals surface area contributed by atoms with E-state index >= 15 is 0 Å². The Hall–Kier alpha value is -3.11. The number of rotatable bonds is 5.